The molecular weight excluding hydrogens is 397 g/mol. The molecule has 2 unspecified atom stereocenters. The van der Waals surface area contributed by atoms with E-state index in [1.807, 2.05) is 24.3 Å². The Hall–Kier alpha value is -2.62. The van der Waals surface area contributed by atoms with Gasteiger partial charge in [-0.05, 0) is 57.9 Å². The molecule has 6 nitrogen and oxygen atoms in total. The molecule has 31 heavy (non-hydrogen) atoms. The van der Waals surface area contributed by atoms with Crippen LogP contribution in [0.15, 0.2) is 30.3 Å². The first-order valence-electron chi connectivity index (χ1n) is 11.1. The number of carbonyl (C=O) groups is 2. The maximum absolute atomic E-state index is 13.8. The lowest BCUT2D eigenvalue weighted by Gasteiger charge is -2.38. The number of hydrogen-bond acceptors (Lipinski definition) is 4. The van der Waals surface area contributed by atoms with Crippen molar-refractivity contribution in [3.63, 3.8) is 0 Å². The third-order valence-corrected chi connectivity index (χ3v) is 6.06. The summed E-state index contributed by atoms with van der Waals surface area (Å²) in [7, 11) is 0. The summed E-state index contributed by atoms with van der Waals surface area (Å²) in [6.45, 7) is 5.08. The van der Waals surface area contributed by atoms with E-state index in [-0.39, 0.29) is 25.6 Å². The molecule has 1 aliphatic heterocycles. The topological polar surface area (TPSA) is 73.6 Å². The normalized spacial score (nSPS) is 26.2. The standard InChI is InChI=1S/C24H32FN3O3/c1-24(2,3)31-23(30)28(16-22(29)27-15-19(25)13-21(27)14-26)20-11-9-18(10-12-20)17-7-5-4-6-8-17/h4-8,18-21H,9-13,15-16H2,1-3H3. The number of alkyl halides is 1. The van der Waals surface area contributed by atoms with Crippen LogP contribution >= 0.6 is 0 Å². The molecule has 1 aromatic carbocycles. The number of nitriles is 1. The summed E-state index contributed by atoms with van der Waals surface area (Å²) in [6.07, 6.45) is 1.65. The Kier molecular flexibility index (Phi) is 7.19. The molecule has 2 amide bonds. The molecule has 0 bridgehead atoms. The summed E-state index contributed by atoms with van der Waals surface area (Å²) in [5, 5.41) is 9.27. The largest absolute Gasteiger partial charge is 0.444 e. The van der Waals surface area contributed by atoms with Crippen LogP contribution < -0.4 is 0 Å². The van der Waals surface area contributed by atoms with Gasteiger partial charge in [0.1, 0.15) is 24.4 Å². The van der Waals surface area contributed by atoms with Crippen molar-refractivity contribution in [2.45, 2.75) is 82.6 Å². The van der Waals surface area contributed by atoms with Crippen molar-refractivity contribution in [1.82, 2.24) is 9.80 Å². The van der Waals surface area contributed by atoms with Gasteiger partial charge >= 0.3 is 6.09 Å². The van der Waals surface area contributed by atoms with Crippen molar-refractivity contribution in [1.29, 1.82) is 5.26 Å². The van der Waals surface area contributed by atoms with Crippen molar-refractivity contribution in [3.05, 3.63) is 35.9 Å². The maximum Gasteiger partial charge on any atom is 0.411 e. The maximum atomic E-state index is 13.8. The molecule has 168 valence electrons. The van der Waals surface area contributed by atoms with Crippen LogP contribution in [0.5, 0.6) is 0 Å². The Morgan fingerprint density at radius 2 is 1.84 bits per heavy atom. The lowest BCUT2D eigenvalue weighted by molar-refractivity contribution is -0.133. The van der Waals surface area contributed by atoms with E-state index >= 15 is 0 Å². The Morgan fingerprint density at radius 1 is 1.19 bits per heavy atom. The van der Waals surface area contributed by atoms with Gasteiger partial charge in [0.15, 0.2) is 0 Å². The monoisotopic (exact) mass is 429 g/mol. The Morgan fingerprint density at radius 3 is 2.42 bits per heavy atom. The summed E-state index contributed by atoms with van der Waals surface area (Å²) in [5.41, 5.74) is 0.607. The fourth-order valence-corrected chi connectivity index (χ4v) is 4.53. The van der Waals surface area contributed by atoms with Crippen molar-refractivity contribution >= 4 is 12.0 Å². The van der Waals surface area contributed by atoms with Crippen LogP contribution in [-0.2, 0) is 9.53 Å². The van der Waals surface area contributed by atoms with Gasteiger partial charge in [-0.2, -0.15) is 5.26 Å². The number of halogens is 1. The van der Waals surface area contributed by atoms with Gasteiger partial charge in [0.2, 0.25) is 5.91 Å². The van der Waals surface area contributed by atoms with Crippen molar-refractivity contribution in [3.8, 4) is 6.07 Å². The average Bonchev–Trinajstić information content (AvgIpc) is 3.12. The zero-order valence-corrected chi connectivity index (χ0v) is 18.6. The summed E-state index contributed by atoms with van der Waals surface area (Å²) >= 11 is 0. The summed E-state index contributed by atoms with van der Waals surface area (Å²) in [6, 6.07) is 11.4. The number of carbonyl (C=O) groups excluding carboxylic acids is 2. The molecule has 1 heterocycles. The van der Waals surface area contributed by atoms with Crippen LogP contribution in [0.2, 0.25) is 0 Å². The third-order valence-electron chi connectivity index (χ3n) is 6.06. The number of likely N-dealkylation sites (tertiary alicyclic amines) is 1. The number of nitrogens with zero attached hydrogens (tertiary/aromatic N) is 3. The molecule has 2 aliphatic rings. The predicted octanol–water partition coefficient (Wildman–Crippen LogP) is 4.41. The van der Waals surface area contributed by atoms with Gasteiger partial charge in [0.05, 0.1) is 12.6 Å². The fraction of sp³-hybridized carbons (Fsp3) is 0.625. The minimum absolute atomic E-state index is 0.0247. The molecular formula is C24H32FN3O3. The smallest absolute Gasteiger partial charge is 0.411 e. The van der Waals surface area contributed by atoms with Crippen LogP contribution in [0.4, 0.5) is 9.18 Å². The summed E-state index contributed by atoms with van der Waals surface area (Å²) in [4.78, 5) is 28.7. The molecule has 1 aromatic rings. The van der Waals surface area contributed by atoms with Gasteiger partial charge in [0, 0.05) is 12.5 Å². The van der Waals surface area contributed by atoms with Crippen LogP contribution in [0.25, 0.3) is 0 Å². The number of benzene rings is 1. The lowest BCUT2D eigenvalue weighted by atomic mass is 9.81. The molecule has 7 heteroatoms. The Labute approximate surface area is 184 Å². The minimum Gasteiger partial charge on any atom is -0.444 e. The minimum atomic E-state index is -1.20. The third kappa shape index (κ3) is 5.96. The number of ether oxygens (including phenoxy) is 1. The second kappa shape index (κ2) is 9.67. The fourth-order valence-electron chi connectivity index (χ4n) is 4.53. The van der Waals surface area contributed by atoms with Crippen molar-refractivity contribution in [2.75, 3.05) is 13.1 Å². The molecule has 2 atom stereocenters. The first kappa shape index (κ1) is 23.1. The van der Waals surface area contributed by atoms with E-state index in [0.29, 0.717) is 5.92 Å². The molecule has 0 spiro atoms. The number of amides is 2. The Bertz CT molecular complexity index is 810. The first-order valence-corrected chi connectivity index (χ1v) is 11.1. The van der Waals surface area contributed by atoms with Crippen molar-refractivity contribution < 1.29 is 18.7 Å². The molecule has 1 aliphatic carbocycles. The number of hydrogen-bond donors (Lipinski definition) is 0. The van der Waals surface area contributed by atoms with E-state index in [9.17, 15) is 19.2 Å². The van der Waals surface area contributed by atoms with Gasteiger partial charge < -0.3 is 9.64 Å². The van der Waals surface area contributed by atoms with E-state index in [4.69, 9.17) is 4.74 Å². The first-order chi connectivity index (χ1) is 14.7. The lowest BCUT2D eigenvalue weighted by Crippen LogP contribution is -2.50. The van der Waals surface area contributed by atoms with E-state index in [0.717, 1.165) is 25.7 Å². The highest BCUT2D eigenvalue weighted by Gasteiger charge is 2.39. The zero-order valence-electron chi connectivity index (χ0n) is 18.6. The quantitative estimate of drug-likeness (QED) is 0.711. The van der Waals surface area contributed by atoms with Crippen LogP contribution in [0.3, 0.4) is 0 Å². The van der Waals surface area contributed by atoms with Crippen LogP contribution in [-0.4, -0.2) is 58.7 Å². The second-order valence-electron chi connectivity index (χ2n) is 9.55. The molecule has 3 rings (SSSR count). The van der Waals surface area contributed by atoms with E-state index in [2.05, 4.69) is 12.1 Å². The van der Waals surface area contributed by atoms with Gasteiger partial charge in [-0.15, -0.1) is 0 Å². The van der Waals surface area contributed by atoms with E-state index in [1.54, 1.807) is 20.8 Å². The summed E-state index contributed by atoms with van der Waals surface area (Å²) < 4.78 is 19.4. The SMILES string of the molecule is CC(C)(C)OC(=O)N(CC(=O)N1CC(F)CC1C#N)C1CCC(c2ccccc2)CC1. The van der Waals surface area contributed by atoms with Crippen molar-refractivity contribution in [2.24, 2.45) is 0 Å². The van der Waals surface area contributed by atoms with Gasteiger partial charge in [-0.25, -0.2) is 9.18 Å². The molecule has 0 radical (unpaired) electrons. The zero-order chi connectivity index (χ0) is 22.6. The highest BCUT2D eigenvalue weighted by atomic mass is 19.1. The average molecular weight is 430 g/mol. The highest BCUT2D eigenvalue weighted by Crippen LogP contribution is 2.35. The van der Waals surface area contributed by atoms with Gasteiger partial charge in [-0.1, -0.05) is 30.3 Å². The molecule has 2 fully saturated rings. The molecule has 1 saturated heterocycles. The predicted molar refractivity (Wildman–Crippen MR) is 115 cm³/mol. The summed E-state index contributed by atoms with van der Waals surface area (Å²) in [5.74, 6) is 0.0326. The molecule has 0 N–H and O–H groups in total. The van der Waals surface area contributed by atoms with Gasteiger partial charge in [0.25, 0.3) is 0 Å². The van der Waals surface area contributed by atoms with E-state index < -0.39 is 29.8 Å². The second-order valence-corrected chi connectivity index (χ2v) is 9.55. The van der Waals surface area contributed by atoms with Crippen LogP contribution in [0, 0.1) is 11.3 Å². The highest BCUT2D eigenvalue weighted by molar-refractivity contribution is 5.83. The Balaban J connectivity index is 1.70. The van der Waals surface area contributed by atoms with Gasteiger partial charge in [-0.3, -0.25) is 9.69 Å². The van der Waals surface area contributed by atoms with E-state index in [1.165, 1.54) is 15.4 Å². The van der Waals surface area contributed by atoms with Crippen LogP contribution in [0.1, 0.15) is 64.4 Å². The molecule has 1 saturated carbocycles. The number of rotatable bonds is 4. The molecule has 0 aromatic heterocycles.